The molecule has 0 aliphatic heterocycles. The number of carbonyl (C=O) groups excluding carboxylic acids is 1. The van der Waals surface area contributed by atoms with Gasteiger partial charge in [-0.3, -0.25) is 5.32 Å². The molecule has 2 rings (SSSR count). The number of pyridine rings is 1. The number of rotatable bonds is 6. The van der Waals surface area contributed by atoms with Gasteiger partial charge in [-0.05, 0) is 37.5 Å². The third-order valence-corrected chi connectivity index (χ3v) is 3.29. The predicted molar refractivity (Wildman–Crippen MR) is 86.6 cm³/mol. The maximum Gasteiger partial charge on any atom is 0.320 e. The summed E-state index contributed by atoms with van der Waals surface area (Å²) >= 11 is 0. The van der Waals surface area contributed by atoms with E-state index in [0.717, 1.165) is 11.3 Å². The fourth-order valence-corrected chi connectivity index (χ4v) is 2.23. The van der Waals surface area contributed by atoms with E-state index in [0.29, 0.717) is 18.7 Å². The van der Waals surface area contributed by atoms with E-state index in [-0.39, 0.29) is 18.7 Å². The van der Waals surface area contributed by atoms with Crippen LogP contribution in [0.5, 0.6) is 0 Å². The Bertz CT molecular complexity index is 602. The average Bonchev–Trinajstić information content (AvgIpc) is 2.52. The number of benzene rings is 1. The Kier molecular flexibility index (Phi) is 5.91. The second kappa shape index (κ2) is 8.14. The first-order chi connectivity index (χ1) is 10.7. The van der Waals surface area contributed by atoms with Gasteiger partial charge >= 0.3 is 6.03 Å². The molecule has 116 valence electrons. The number of hydrogen-bond acceptors (Lipinski definition) is 3. The molecule has 0 unspecified atom stereocenters. The van der Waals surface area contributed by atoms with Crippen molar-refractivity contribution < 1.29 is 9.90 Å². The lowest BCUT2D eigenvalue weighted by Gasteiger charge is -2.19. The molecule has 1 aromatic carbocycles. The van der Waals surface area contributed by atoms with Crippen LogP contribution in [0.3, 0.4) is 0 Å². The number of anilines is 1. The van der Waals surface area contributed by atoms with Crippen molar-refractivity contribution in [2.45, 2.75) is 25.8 Å². The number of urea groups is 1. The Morgan fingerprint density at radius 2 is 1.95 bits per heavy atom. The minimum Gasteiger partial charge on any atom is -0.396 e. The first-order valence-electron chi connectivity index (χ1n) is 7.36. The standard InChI is InChI=1S/C17H21N3O2/c1-13-7-5-11-16(18-13)20-17(22)19-15(10-6-12-21)14-8-3-2-4-9-14/h2-5,7-9,11,15,21H,6,10,12H2,1H3,(H2,18,19,20,22)/t15-/m1/s1. The van der Waals surface area contributed by atoms with Crippen molar-refractivity contribution in [2.24, 2.45) is 0 Å². The van der Waals surface area contributed by atoms with E-state index in [2.05, 4.69) is 15.6 Å². The van der Waals surface area contributed by atoms with Crippen molar-refractivity contribution in [1.29, 1.82) is 0 Å². The highest BCUT2D eigenvalue weighted by Gasteiger charge is 2.14. The minimum atomic E-state index is -0.301. The largest absolute Gasteiger partial charge is 0.396 e. The van der Waals surface area contributed by atoms with Crippen LogP contribution in [0.15, 0.2) is 48.5 Å². The van der Waals surface area contributed by atoms with Crippen molar-refractivity contribution in [1.82, 2.24) is 10.3 Å². The maximum atomic E-state index is 12.1. The molecule has 0 saturated carbocycles. The number of carbonyl (C=O) groups is 1. The number of amides is 2. The molecule has 0 aliphatic carbocycles. The SMILES string of the molecule is Cc1cccc(NC(=O)N[C@H](CCCO)c2ccccc2)n1. The summed E-state index contributed by atoms with van der Waals surface area (Å²) < 4.78 is 0. The number of aromatic nitrogens is 1. The zero-order valence-corrected chi connectivity index (χ0v) is 12.6. The van der Waals surface area contributed by atoms with Crippen molar-refractivity contribution in [3.05, 3.63) is 59.8 Å². The third-order valence-electron chi connectivity index (χ3n) is 3.29. The summed E-state index contributed by atoms with van der Waals surface area (Å²) in [6.07, 6.45) is 1.30. The van der Waals surface area contributed by atoms with Gasteiger partial charge in [0, 0.05) is 12.3 Å². The van der Waals surface area contributed by atoms with Crippen LogP contribution in [0, 0.1) is 6.92 Å². The molecule has 0 fully saturated rings. The van der Waals surface area contributed by atoms with Gasteiger partial charge in [-0.2, -0.15) is 0 Å². The molecule has 0 saturated heterocycles. The highest BCUT2D eigenvalue weighted by Crippen LogP contribution is 2.18. The lowest BCUT2D eigenvalue weighted by atomic mass is 10.0. The Hall–Kier alpha value is -2.40. The molecule has 5 nitrogen and oxygen atoms in total. The molecule has 2 aromatic rings. The van der Waals surface area contributed by atoms with E-state index >= 15 is 0 Å². The summed E-state index contributed by atoms with van der Waals surface area (Å²) in [7, 11) is 0. The van der Waals surface area contributed by atoms with Crippen LogP contribution in [0.1, 0.15) is 30.1 Å². The van der Waals surface area contributed by atoms with Crippen LogP contribution >= 0.6 is 0 Å². The summed E-state index contributed by atoms with van der Waals surface area (Å²) in [5, 5.41) is 14.7. The van der Waals surface area contributed by atoms with E-state index in [1.165, 1.54) is 0 Å². The predicted octanol–water partition coefficient (Wildman–Crippen LogP) is 3.03. The number of aliphatic hydroxyl groups is 1. The zero-order valence-electron chi connectivity index (χ0n) is 12.6. The van der Waals surface area contributed by atoms with Gasteiger partial charge in [-0.15, -0.1) is 0 Å². The highest BCUT2D eigenvalue weighted by atomic mass is 16.3. The normalized spacial score (nSPS) is 11.7. The maximum absolute atomic E-state index is 12.1. The van der Waals surface area contributed by atoms with Gasteiger partial charge in [-0.25, -0.2) is 9.78 Å². The smallest absolute Gasteiger partial charge is 0.320 e. The van der Waals surface area contributed by atoms with E-state index in [9.17, 15) is 4.79 Å². The minimum absolute atomic E-state index is 0.103. The summed E-state index contributed by atoms with van der Waals surface area (Å²) in [4.78, 5) is 16.4. The molecule has 1 heterocycles. The second-order valence-corrected chi connectivity index (χ2v) is 5.09. The first-order valence-corrected chi connectivity index (χ1v) is 7.36. The Morgan fingerprint density at radius 3 is 2.64 bits per heavy atom. The molecular weight excluding hydrogens is 278 g/mol. The number of nitrogens with one attached hydrogen (secondary N) is 2. The van der Waals surface area contributed by atoms with Crippen LogP contribution in [0.4, 0.5) is 10.6 Å². The van der Waals surface area contributed by atoms with E-state index < -0.39 is 0 Å². The van der Waals surface area contributed by atoms with E-state index in [1.54, 1.807) is 6.07 Å². The van der Waals surface area contributed by atoms with Gasteiger partial charge < -0.3 is 10.4 Å². The highest BCUT2D eigenvalue weighted by molar-refractivity contribution is 5.88. The molecule has 22 heavy (non-hydrogen) atoms. The van der Waals surface area contributed by atoms with Gasteiger partial charge in [-0.1, -0.05) is 36.4 Å². The number of aryl methyl sites for hydroxylation is 1. The van der Waals surface area contributed by atoms with Crippen molar-refractivity contribution in [2.75, 3.05) is 11.9 Å². The summed E-state index contributed by atoms with van der Waals surface area (Å²) in [6.45, 7) is 1.98. The van der Waals surface area contributed by atoms with Gasteiger partial charge in [0.1, 0.15) is 5.82 Å². The zero-order chi connectivity index (χ0) is 15.8. The van der Waals surface area contributed by atoms with Crippen molar-refractivity contribution in [3.8, 4) is 0 Å². The number of hydrogen-bond donors (Lipinski definition) is 3. The fourth-order valence-electron chi connectivity index (χ4n) is 2.23. The van der Waals surface area contributed by atoms with E-state index in [4.69, 9.17) is 5.11 Å². The number of nitrogens with zero attached hydrogens (tertiary/aromatic N) is 1. The van der Waals surface area contributed by atoms with Crippen LogP contribution in [-0.4, -0.2) is 22.7 Å². The molecule has 0 spiro atoms. The Morgan fingerprint density at radius 1 is 1.18 bits per heavy atom. The van der Waals surface area contributed by atoms with Gasteiger partial charge in [0.05, 0.1) is 6.04 Å². The van der Waals surface area contributed by atoms with Gasteiger partial charge in [0.2, 0.25) is 0 Å². The lowest BCUT2D eigenvalue weighted by molar-refractivity contribution is 0.243. The number of aliphatic hydroxyl groups excluding tert-OH is 1. The average molecular weight is 299 g/mol. The van der Waals surface area contributed by atoms with Crippen LogP contribution < -0.4 is 10.6 Å². The topological polar surface area (TPSA) is 74.2 Å². The molecule has 0 aliphatic rings. The molecule has 1 atom stereocenters. The van der Waals surface area contributed by atoms with Crippen LogP contribution in [0.2, 0.25) is 0 Å². The summed E-state index contributed by atoms with van der Waals surface area (Å²) in [5.74, 6) is 0.520. The van der Waals surface area contributed by atoms with Crippen LogP contribution in [0.25, 0.3) is 0 Å². The van der Waals surface area contributed by atoms with Crippen molar-refractivity contribution in [3.63, 3.8) is 0 Å². The quantitative estimate of drug-likeness (QED) is 0.767. The monoisotopic (exact) mass is 299 g/mol. The third kappa shape index (κ3) is 4.86. The molecule has 1 aromatic heterocycles. The Labute approximate surface area is 130 Å². The van der Waals surface area contributed by atoms with E-state index in [1.807, 2.05) is 49.4 Å². The molecule has 2 amide bonds. The molecule has 3 N–H and O–H groups in total. The molecule has 0 bridgehead atoms. The first kappa shape index (κ1) is 16.0. The molecule has 0 radical (unpaired) electrons. The molecule has 5 heteroatoms. The lowest BCUT2D eigenvalue weighted by Crippen LogP contribution is -2.33. The fraction of sp³-hybridized carbons (Fsp3) is 0.294. The second-order valence-electron chi connectivity index (χ2n) is 5.09. The molecular formula is C17H21N3O2. The Balaban J connectivity index is 2.01. The van der Waals surface area contributed by atoms with Crippen molar-refractivity contribution >= 4 is 11.8 Å². The van der Waals surface area contributed by atoms with Gasteiger partial charge in [0.15, 0.2) is 0 Å². The van der Waals surface area contributed by atoms with Gasteiger partial charge in [0.25, 0.3) is 0 Å². The summed E-state index contributed by atoms with van der Waals surface area (Å²) in [6, 6.07) is 14.8. The van der Waals surface area contributed by atoms with Crippen LogP contribution in [-0.2, 0) is 0 Å². The summed E-state index contributed by atoms with van der Waals surface area (Å²) in [5.41, 5.74) is 1.86.